The third-order valence-electron chi connectivity index (χ3n) is 4.05. The number of nitrogens with zero attached hydrogens (tertiary/aromatic N) is 2. The number of hydrogen-bond acceptors (Lipinski definition) is 4. The Morgan fingerprint density at radius 2 is 2.25 bits per heavy atom. The second kappa shape index (κ2) is 6.03. The Balaban J connectivity index is 2.03. The van der Waals surface area contributed by atoms with Crippen LogP contribution in [0.3, 0.4) is 0 Å². The SMILES string of the molecule is CNC(Cc1c(Cl)c(C)nn1C)CC1CCS(=O)(=O)C1. The van der Waals surface area contributed by atoms with E-state index in [2.05, 4.69) is 10.4 Å². The molecule has 0 spiro atoms. The zero-order chi connectivity index (χ0) is 14.9. The first kappa shape index (κ1) is 15.8. The monoisotopic (exact) mass is 319 g/mol. The van der Waals surface area contributed by atoms with Crippen molar-refractivity contribution in [1.29, 1.82) is 0 Å². The van der Waals surface area contributed by atoms with Gasteiger partial charge in [0.1, 0.15) is 0 Å². The molecule has 114 valence electrons. The molecule has 1 N–H and O–H groups in total. The van der Waals surface area contributed by atoms with Crippen LogP contribution < -0.4 is 5.32 Å². The Hall–Kier alpha value is -0.590. The van der Waals surface area contributed by atoms with E-state index in [9.17, 15) is 8.42 Å². The van der Waals surface area contributed by atoms with Gasteiger partial charge in [0.15, 0.2) is 9.84 Å². The van der Waals surface area contributed by atoms with Crippen LogP contribution in [-0.2, 0) is 23.3 Å². The molecule has 7 heteroatoms. The molecule has 1 fully saturated rings. The van der Waals surface area contributed by atoms with Crippen LogP contribution in [0.4, 0.5) is 0 Å². The van der Waals surface area contributed by atoms with Gasteiger partial charge in [0.05, 0.1) is 27.9 Å². The number of hydrogen-bond donors (Lipinski definition) is 1. The first-order chi connectivity index (χ1) is 9.32. The Morgan fingerprint density at radius 3 is 2.70 bits per heavy atom. The topological polar surface area (TPSA) is 64.0 Å². The molecular formula is C13H22ClN3O2S. The summed E-state index contributed by atoms with van der Waals surface area (Å²) in [6.45, 7) is 1.89. The Kier molecular flexibility index (Phi) is 4.76. The van der Waals surface area contributed by atoms with Crippen molar-refractivity contribution >= 4 is 21.4 Å². The highest BCUT2D eigenvalue weighted by atomic mass is 35.5. The van der Waals surface area contributed by atoms with E-state index in [1.807, 2.05) is 25.7 Å². The summed E-state index contributed by atoms with van der Waals surface area (Å²) in [5.74, 6) is 0.911. The summed E-state index contributed by atoms with van der Waals surface area (Å²) in [7, 11) is 0.992. The van der Waals surface area contributed by atoms with Crippen molar-refractivity contribution in [2.45, 2.75) is 32.2 Å². The minimum absolute atomic E-state index is 0.223. The van der Waals surface area contributed by atoms with Gasteiger partial charge in [0.2, 0.25) is 0 Å². The number of nitrogens with one attached hydrogen (secondary N) is 1. The minimum atomic E-state index is -2.81. The molecular weight excluding hydrogens is 298 g/mol. The molecule has 1 saturated heterocycles. The third kappa shape index (κ3) is 3.54. The molecule has 0 bridgehead atoms. The van der Waals surface area contributed by atoms with Gasteiger partial charge in [0, 0.05) is 19.5 Å². The van der Waals surface area contributed by atoms with E-state index in [0.29, 0.717) is 16.5 Å². The molecule has 1 aliphatic rings. The quantitative estimate of drug-likeness (QED) is 0.889. The number of aryl methyl sites for hydroxylation is 2. The lowest BCUT2D eigenvalue weighted by molar-refractivity contribution is 0.417. The van der Waals surface area contributed by atoms with Crippen LogP contribution in [0.1, 0.15) is 24.2 Å². The maximum Gasteiger partial charge on any atom is 0.150 e. The lowest BCUT2D eigenvalue weighted by Crippen LogP contribution is -2.31. The molecule has 0 saturated carbocycles. The zero-order valence-electron chi connectivity index (χ0n) is 12.2. The van der Waals surface area contributed by atoms with E-state index in [4.69, 9.17) is 11.6 Å². The van der Waals surface area contributed by atoms with E-state index in [1.54, 1.807) is 0 Å². The van der Waals surface area contributed by atoms with Crippen molar-refractivity contribution in [3.8, 4) is 0 Å². The fraction of sp³-hybridized carbons (Fsp3) is 0.769. The Bertz CT molecular complexity index is 583. The number of aromatic nitrogens is 2. The molecule has 0 aliphatic carbocycles. The van der Waals surface area contributed by atoms with Crippen molar-refractivity contribution in [1.82, 2.24) is 15.1 Å². The fourth-order valence-electron chi connectivity index (χ4n) is 2.90. The Labute approximate surface area is 125 Å². The van der Waals surface area contributed by atoms with Gasteiger partial charge in [0.25, 0.3) is 0 Å². The van der Waals surface area contributed by atoms with Crippen molar-refractivity contribution < 1.29 is 8.42 Å². The molecule has 2 atom stereocenters. The maximum absolute atomic E-state index is 11.5. The fourth-order valence-corrected chi connectivity index (χ4v) is 5.02. The lowest BCUT2D eigenvalue weighted by Gasteiger charge is -2.19. The molecule has 2 rings (SSSR count). The van der Waals surface area contributed by atoms with Crippen LogP contribution in [0, 0.1) is 12.8 Å². The van der Waals surface area contributed by atoms with Crippen LogP contribution in [0.15, 0.2) is 0 Å². The molecule has 2 heterocycles. The number of rotatable bonds is 5. The average molecular weight is 320 g/mol. The molecule has 0 amide bonds. The van der Waals surface area contributed by atoms with E-state index in [1.165, 1.54) is 0 Å². The molecule has 1 aromatic rings. The highest BCUT2D eigenvalue weighted by Crippen LogP contribution is 2.26. The maximum atomic E-state index is 11.5. The van der Waals surface area contributed by atoms with Crippen LogP contribution in [0.25, 0.3) is 0 Å². The smallest absolute Gasteiger partial charge is 0.150 e. The van der Waals surface area contributed by atoms with Crippen LogP contribution in [0.2, 0.25) is 5.02 Å². The third-order valence-corrected chi connectivity index (χ3v) is 6.38. The highest BCUT2D eigenvalue weighted by Gasteiger charge is 2.30. The van der Waals surface area contributed by atoms with Crippen molar-refractivity contribution in [2.24, 2.45) is 13.0 Å². The van der Waals surface area contributed by atoms with Gasteiger partial charge in [-0.2, -0.15) is 5.10 Å². The highest BCUT2D eigenvalue weighted by molar-refractivity contribution is 7.91. The summed E-state index contributed by atoms with van der Waals surface area (Å²) in [6, 6.07) is 0.223. The van der Waals surface area contributed by atoms with Gasteiger partial charge in [-0.3, -0.25) is 4.68 Å². The molecule has 1 aromatic heterocycles. The molecule has 1 aliphatic heterocycles. The molecule has 2 unspecified atom stereocenters. The molecule has 5 nitrogen and oxygen atoms in total. The van der Waals surface area contributed by atoms with Crippen LogP contribution >= 0.6 is 11.6 Å². The summed E-state index contributed by atoms with van der Waals surface area (Å²) in [4.78, 5) is 0. The molecule has 0 radical (unpaired) electrons. The lowest BCUT2D eigenvalue weighted by atomic mass is 9.96. The standard InChI is InChI=1S/C13H22ClN3O2S/c1-9-13(14)12(17(3)16-9)7-11(15-2)6-10-4-5-20(18,19)8-10/h10-11,15H,4-8H2,1-3H3. The van der Waals surface area contributed by atoms with Gasteiger partial charge >= 0.3 is 0 Å². The van der Waals surface area contributed by atoms with Gasteiger partial charge in [-0.1, -0.05) is 11.6 Å². The first-order valence-corrected chi connectivity index (χ1v) is 9.08. The number of halogens is 1. The number of sulfone groups is 1. The van der Waals surface area contributed by atoms with Crippen molar-refractivity contribution in [3.63, 3.8) is 0 Å². The van der Waals surface area contributed by atoms with Crippen LogP contribution in [0.5, 0.6) is 0 Å². The van der Waals surface area contributed by atoms with Crippen molar-refractivity contribution in [3.05, 3.63) is 16.4 Å². The average Bonchev–Trinajstić information content (AvgIpc) is 2.82. The predicted octanol–water partition coefficient (Wildman–Crippen LogP) is 1.34. The zero-order valence-corrected chi connectivity index (χ0v) is 13.8. The summed E-state index contributed by atoms with van der Waals surface area (Å²) in [5, 5.41) is 8.30. The summed E-state index contributed by atoms with van der Waals surface area (Å²) >= 11 is 6.27. The van der Waals surface area contributed by atoms with Gasteiger partial charge < -0.3 is 5.32 Å². The summed E-state index contributed by atoms with van der Waals surface area (Å²) in [6.07, 6.45) is 2.40. The van der Waals surface area contributed by atoms with Gasteiger partial charge in [-0.15, -0.1) is 0 Å². The normalized spacial score (nSPS) is 23.1. The predicted molar refractivity (Wildman–Crippen MR) is 80.9 cm³/mol. The Morgan fingerprint density at radius 1 is 1.55 bits per heavy atom. The molecule has 0 aromatic carbocycles. The van der Waals surface area contributed by atoms with E-state index in [0.717, 1.165) is 30.7 Å². The van der Waals surface area contributed by atoms with Crippen molar-refractivity contribution in [2.75, 3.05) is 18.6 Å². The first-order valence-electron chi connectivity index (χ1n) is 6.88. The minimum Gasteiger partial charge on any atom is -0.317 e. The van der Waals surface area contributed by atoms with Gasteiger partial charge in [-0.05, 0) is 32.7 Å². The van der Waals surface area contributed by atoms with E-state index < -0.39 is 9.84 Å². The largest absolute Gasteiger partial charge is 0.317 e. The van der Waals surface area contributed by atoms with E-state index >= 15 is 0 Å². The summed E-state index contributed by atoms with van der Waals surface area (Å²) < 4.78 is 24.9. The number of likely N-dealkylation sites (N-methyl/N-ethyl adjacent to an activating group) is 1. The molecule has 20 heavy (non-hydrogen) atoms. The second-order valence-electron chi connectivity index (χ2n) is 5.66. The second-order valence-corrected chi connectivity index (χ2v) is 8.27. The van der Waals surface area contributed by atoms with Gasteiger partial charge in [-0.25, -0.2) is 8.42 Å². The van der Waals surface area contributed by atoms with Crippen LogP contribution in [-0.4, -0.2) is 42.8 Å². The van der Waals surface area contributed by atoms with E-state index in [-0.39, 0.29) is 12.0 Å². The summed E-state index contributed by atoms with van der Waals surface area (Å²) in [5.41, 5.74) is 1.84.